The Bertz CT molecular complexity index is 795. The molecule has 0 saturated carbocycles. The average molecular weight is 362 g/mol. The minimum absolute atomic E-state index is 0.00255. The van der Waals surface area contributed by atoms with Crippen LogP contribution < -0.4 is 0 Å². The molecule has 6 nitrogen and oxygen atoms in total. The summed E-state index contributed by atoms with van der Waals surface area (Å²) >= 11 is 6.00. The quantitative estimate of drug-likeness (QED) is 0.842. The summed E-state index contributed by atoms with van der Waals surface area (Å²) in [5, 5.41) is 0.606. The Hall–Kier alpha value is -2.34. The SMILES string of the molecule is CC(=O)N1CCN(C(=O)Cc2nc(-c3cccc(Cl)c3)oc2C)CC1. The number of benzene rings is 1. The van der Waals surface area contributed by atoms with Crippen molar-refractivity contribution in [2.75, 3.05) is 26.2 Å². The predicted octanol–water partition coefficient (Wildman–Crippen LogP) is 2.54. The van der Waals surface area contributed by atoms with Crippen LogP contribution >= 0.6 is 11.6 Å². The van der Waals surface area contributed by atoms with E-state index in [2.05, 4.69) is 4.98 Å². The molecule has 2 heterocycles. The highest BCUT2D eigenvalue weighted by Gasteiger charge is 2.24. The normalized spacial score (nSPS) is 14.7. The summed E-state index contributed by atoms with van der Waals surface area (Å²) in [5.74, 6) is 1.14. The summed E-state index contributed by atoms with van der Waals surface area (Å²) in [7, 11) is 0. The number of rotatable bonds is 3. The van der Waals surface area contributed by atoms with E-state index in [4.69, 9.17) is 16.0 Å². The zero-order valence-electron chi connectivity index (χ0n) is 14.3. The number of hydrogen-bond acceptors (Lipinski definition) is 4. The minimum Gasteiger partial charge on any atom is -0.441 e. The second kappa shape index (κ2) is 7.27. The van der Waals surface area contributed by atoms with Crippen LogP contribution in [0.5, 0.6) is 0 Å². The van der Waals surface area contributed by atoms with Gasteiger partial charge in [-0.15, -0.1) is 0 Å². The molecule has 0 bridgehead atoms. The number of nitrogens with zero attached hydrogens (tertiary/aromatic N) is 3. The smallest absolute Gasteiger partial charge is 0.228 e. The van der Waals surface area contributed by atoms with Gasteiger partial charge in [0.2, 0.25) is 17.7 Å². The van der Waals surface area contributed by atoms with Gasteiger partial charge in [0, 0.05) is 43.7 Å². The fourth-order valence-corrected chi connectivity index (χ4v) is 3.05. The van der Waals surface area contributed by atoms with Crippen LogP contribution in [0.4, 0.5) is 0 Å². The molecule has 1 aliphatic rings. The van der Waals surface area contributed by atoms with Crippen LogP contribution in [0.1, 0.15) is 18.4 Å². The van der Waals surface area contributed by atoms with E-state index in [1.165, 1.54) is 0 Å². The Balaban J connectivity index is 1.67. The first-order valence-electron chi connectivity index (χ1n) is 8.19. The van der Waals surface area contributed by atoms with E-state index in [0.717, 1.165) is 5.56 Å². The molecule has 1 saturated heterocycles. The van der Waals surface area contributed by atoms with Crippen LogP contribution in [0.25, 0.3) is 11.5 Å². The second-order valence-corrected chi connectivity index (χ2v) is 6.53. The highest BCUT2D eigenvalue weighted by Crippen LogP contribution is 2.24. The van der Waals surface area contributed by atoms with Crippen molar-refractivity contribution < 1.29 is 14.0 Å². The molecule has 132 valence electrons. The number of oxazole rings is 1. The van der Waals surface area contributed by atoms with E-state index in [1.54, 1.807) is 35.8 Å². The largest absolute Gasteiger partial charge is 0.441 e. The number of carbonyl (C=O) groups excluding carboxylic acids is 2. The third-order valence-corrected chi connectivity index (χ3v) is 4.60. The topological polar surface area (TPSA) is 66.7 Å². The first kappa shape index (κ1) is 17.5. The van der Waals surface area contributed by atoms with Gasteiger partial charge in [-0.05, 0) is 25.1 Å². The molecule has 0 N–H and O–H groups in total. The fraction of sp³-hybridized carbons (Fsp3) is 0.389. The molecule has 1 aromatic carbocycles. The third-order valence-electron chi connectivity index (χ3n) is 4.36. The van der Waals surface area contributed by atoms with Crippen LogP contribution in [-0.4, -0.2) is 52.8 Å². The van der Waals surface area contributed by atoms with Gasteiger partial charge in [0.05, 0.1) is 12.1 Å². The summed E-state index contributed by atoms with van der Waals surface area (Å²) in [6.07, 6.45) is 0.190. The van der Waals surface area contributed by atoms with Crippen molar-refractivity contribution in [2.24, 2.45) is 0 Å². The molecule has 1 aliphatic heterocycles. The number of halogens is 1. The van der Waals surface area contributed by atoms with Crippen LogP contribution in [0.3, 0.4) is 0 Å². The number of piperazine rings is 1. The molecule has 2 amide bonds. The molecule has 7 heteroatoms. The van der Waals surface area contributed by atoms with E-state index in [0.29, 0.717) is 48.5 Å². The zero-order valence-corrected chi connectivity index (χ0v) is 15.0. The highest BCUT2D eigenvalue weighted by molar-refractivity contribution is 6.30. The second-order valence-electron chi connectivity index (χ2n) is 6.10. The number of aromatic nitrogens is 1. The molecule has 0 aliphatic carbocycles. The first-order chi connectivity index (χ1) is 11.9. The summed E-state index contributed by atoms with van der Waals surface area (Å²) in [5.41, 5.74) is 1.42. The lowest BCUT2D eigenvalue weighted by molar-refractivity contribution is -0.138. The van der Waals surface area contributed by atoms with E-state index < -0.39 is 0 Å². The number of hydrogen-bond donors (Lipinski definition) is 0. The standard InChI is InChI=1S/C18H20ClN3O3/c1-12-16(20-18(25-12)14-4-3-5-15(19)10-14)11-17(24)22-8-6-21(7-9-22)13(2)23/h3-5,10H,6-9,11H2,1-2H3. The lowest BCUT2D eigenvalue weighted by Gasteiger charge is -2.34. The summed E-state index contributed by atoms with van der Waals surface area (Å²) in [4.78, 5) is 31.9. The zero-order chi connectivity index (χ0) is 18.0. The molecular formula is C18H20ClN3O3. The Kier molecular flexibility index (Phi) is 5.08. The lowest BCUT2D eigenvalue weighted by Crippen LogP contribution is -2.50. The Morgan fingerprint density at radius 1 is 1.20 bits per heavy atom. The summed E-state index contributed by atoms with van der Waals surface area (Å²) in [6, 6.07) is 7.26. The van der Waals surface area contributed by atoms with Gasteiger partial charge in [0.1, 0.15) is 5.76 Å². The molecule has 0 unspecified atom stereocenters. The average Bonchev–Trinajstić information content (AvgIpc) is 2.96. The van der Waals surface area contributed by atoms with Gasteiger partial charge in [0.15, 0.2) is 0 Å². The first-order valence-corrected chi connectivity index (χ1v) is 8.57. The van der Waals surface area contributed by atoms with Crippen molar-refractivity contribution in [2.45, 2.75) is 20.3 Å². The summed E-state index contributed by atoms with van der Waals surface area (Å²) in [6.45, 7) is 5.61. The Labute approximate surface area is 151 Å². The Morgan fingerprint density at radius 2 is 1.88 bits per heavy atom. The minimum atomic E-state index is -0.00255. The van der Waals surface area contributed by atoms with E-state index in [-0.39, 0.29) is 18.2 Å². The molecule has 0 atom stereocenters. The number of carbonyl (C=O) groups is 2. The lowest BCUT2D eigenvalue weighted by atomic mass is 10.2. The number of aryl methyl sites for hydroxylation is 1. The molecule has 1 aromatic heterocycles. The summed E-state index contributed by atoms with van der Waals surface area (Å²) < 4.78 is 5.70. The van der Waals surface area contributed by atoms with Gasteiger partial charge >= 0.3 is 0 Å². The Morgan fingerprint density at radius 3 is 2.52 bits per heavy atom. The molecule has 1 fully saturated rings. The maximum Gasteiger partial charge on any atom is 0.228 e. The molecule has 2 aromatic rings. The molecular weight excluding hydrogens is 342 g/mol. The molecule has 3 rings (SSSR count). The van der Waals surface area contributed by atoms with E-state index in [1.807, 2.05) is 12.1 Å². The van der Waals surface area contributed by atoms with Crippen molar-refractivity contribution in [1.29, 1.82) is 0 Å². The molecule has 0 spiro atoms. The van der Waals surface area contributed by atoms with E-state index in [9.17, 15) is 9.59 Å². The van der Waals surface area contributed by atoms with Crippen molar-refractivity contribution in [1.82, 2.24) is 14.8 Å². The van der Waals surface area contributed by atoms with Crippen LogP contribution in [0, 0.1) is 6.92 Å². The van der Waals surface area contributed by atoms with Crippen LogP contribution in [0.15, 0.2) is 28.7 Å². The van der Waals surface area contributed by atoms with Crippen molar-refractivity contribution in [3.8, 4) is 11.5 Å². The van der Waals surface area contributed by atoms with Crippen molar-refractivity contribution >= 4 is 23.4 Å². The fourth-order valence-electron chi connectivity index (χ4n) is 2.86. The predicted molar refractivity (Wildman–Crippen MR) is 94.2 cm³/mol. The van der Waals surface area contributed by atoms with Gasteiger partial charge < -0.3 is 14.2 Å². The van der Waals surface area contributed by atoms with E-state index >= 15 is 0 Å². The van der Waals surface area contributed by atoms with Gasteiger partial charge in [-0.25, -0.2) is 4.98 Å². The van der Waals surface area contributed by atoms with Gasteiger partial charge in [-0.1, -0.05) is 17.7 Å². The monoisotopic (exact) mass is 361 g/mol. The van der Waals surface area contributed by atoms with Crippen molar-refractivity contribution in [3.05, 3.63) is 40.7 Å². The van der Waals surface area contributed by atoms with Gasteiger partial charge in [-0.3, -0.25) is 9.59 Å². The highest BCUT2D eigenvalue weighted by atomic mass is 35.5. The van der Waals surface area contributed by atoms with Gasteiger partial charge in [0.25, 0.3) is 0 Å². The van der Waals surface area contributed by atoms with Crippen molar-refractivity contribution in [3.63, 3.8) is 0 Å². The van der Waals surface area contributed by atoms with Crippen LogP contribution in [-0.2, 0) is 16.0 Å². The van der Waals surface area contributed by atoms with Gasteiger partial charge in [-0.2, -0.15) is 0 Å². The maximum absolute atomic E-state index is 12.5. The molecule has 0 radical (unpaired) electrons. The number of amides is 2. The third kappa shape index (κ3) is 4.02. The van der Waals surface area contributed by atoms with Crippen LogP contribution in [0.2, 0.25) is 5.02 Å². The molecule has 25 heavy (non-hydrogen) atoms. The maximum atomic E-state index is 12.5.